The van der Waals surface area contributed by atoms with Gasteiger partial charge in [0.05, 0.1) is 0 Å². The lowest BCUT2D eigenvalue weighted by Crippen LogP contribution is -2.36. The van der Waals surface area contributed by atoms with Crippen LogP contribution in [0.25, 0.3) is 0 Å². The van der Waals surface area contributed by atoms with Gasteiger partial charge in [0.25, 0.3) is 0 Å². The monoisotopic (exact) mass is 338 g/mol. The summed E-state index contributed by atoms with van der Waals surface area (Å²) < 4.78 is 7.56. The van der Waals surface area contributed by atoms with Crippen molar-refractivity contribution in [3.05, 3.63) is 95.3 Å². The van der Waals surface area contributed by atoms with E-state index in [1.807, 2.05) is 59.4 Å². The molecule has 0 radical (unpaired) electrons. The highest BCUT2D eigenvalue weighted by Crippen LogP contribution is 2.11. The lowest BCUT2D eigenvalue weighted by Gasteiger charge is -2.05. The van der Waals surface area contributed by atoms with Gasteiger partial charge in [0, 0.05) is 22.7 Å². The summed E-state index contributed by atoms with van der Waals surface area (Å²) in [7, 11) is 0. The zero-order valence-corrected chi connectivity index (χ0v) is 13.8. The van der Waals surface area contributed by atoms with Crippen molar-refractivity contribution in [3.8, 4) is 5.75 Å². The molecular formula is C20H17ClNO2+. The van der Waals surface area contributed by atoms with Crippen LogP contribution in [0.4, 0.5) is 0 Å². The van der Waals surface area contributed by atoms with E-state index in [1.165, 1.54) is 0 Å². The van der Waals surface area contributed by atoms with Crippen LogP contribution in [-0.4, -0.2) is 5.78 Å². The van der Waals surface area contributed by atoms with E-state index in [4.69, 9.17) is 16.3 Å². The summed E-state index contributed by atoms with van der Waals surface area (Å²) in [5.74, 6) is 0.809. The fourth-order valence-corrected chi connectivity index (χ4v) is 2.41. The first-order chi connectivity index (χ1) is 11.7. The summed E-state index contributed by atoms with van der Waals surface area (Å²) in [5, 5.41) is 0.624. The number of Topliss-reactive ketones (excluding diaryl/α,β-unsaturated/α-hetero) is 1. The van der Waals surface area contributed by atoms with Gasteiger partial charge < -0.3 is 4.74 Å². The van der Waals surface area contributed by atoms with Crippen LogP contribution in [0, 0.1) is 0 Å². The molecule has 0 amide bonds. The van der Waals surface area contributed by atoms with Gasteiger partial charge in [-0.1, -0.05) is 41.9 Å². The molecule has 1 aromatic heterocycles. The van der Waals surface area contributed by atoms with Gasteiger partial charge in [0.15, 0.2) is 12.4 Å². The third-order valence-electron chi connectivity index (χ3n) is 3.60. The first kappa shape index (κ1) is 16.2. The zero-order chi connectivity index (χ0) is 16.8. The van der Waals surface area contributed by atoms with Crippen molar-refractivity contribution in [2.45, 2.75) is 13.2 Å². The Balaban J connectivity index is 1.58. The molecule has 0 aliphatic carbocycles. The summed E-state index contributed by atoms with van der Waals surface area (Å²) in [6, 6.07) is 20.6. The summed E-state index contributed by atoms with van der Waals surface area (Å²) in [4.78, 5) is 12.2. The van der Waals surface area contributed by atoms with E-state index in [0.717, 1.165) is 11.3 Å². The summed E-state index contributed by atoms with van der Waals surface area (Å²) >= 11 is 5.84. The van der Waals surface area contributed by atoms with Crippen LogP contribution >= 0.6 is 11.6 Å². The number of pyridine rings is 1. The zero-order valence-electron chi connectivity index (χ0n) is 13.1. The normalized spacial score (nSPS) is 10.4. The van der Waals surface area contributed by atoms with Crippen LogP contribution in [0.5, 0.6) is 5.75 Å². The molecule has 3 aromatic rings. The third-order valence-corrected chi connectivity index (χ3v) is 3.85. The number of nitrogens with zero attached hydrogens (tertiary/aromatic N) is 1. The molecule has 0 fully saturated rings. The molecule has 0 N–H and O–H groups in total. The van der Waals surface area contributed by atoms with Crippen LogP contribution in [0.2, 0.25) is 5.02 Å². The molecule has 0 aliphatic rings. The van der Waals surface area contributed by atoms with Gasteiger partial charge >= 0.3 is 0 Å². The minimum atomic E-state index is 0.0367. The molecule has 120 valence electrons. The maximum absolute atomic E-state index is 12.2. The van der Waals surface area contributed by atoms with Crippen molar-refractivity contribution in [3.63, 3.8) is 0 Å². The second-order valence-electron chi connectivity index (χ2n) is 5.41. The van der Waals surface area contributed by atoms with Gasteiger partial charge in [-0.05, 0) is 29.8 Å². The lowest BCUT2D eigenvalue weighted by molar-refractivity contribution is -0.683. The first-order valence-electron chi connectivity index (χ1n) is 7.65. The number of hydrogen-bond donors (Lipinski definition) is 0. The summed E-state index contributed by atoms with van der Waals surface area (Å²) in [6.45, 7) is 0.801. The Morgan fingerprint density at radius 1 is 0.917 bits per heavy atom. The molecule has 0 bridgehead atoms. The molecule has 1 heterocycles. The molecule has 3 nitrogen and oxygen atoms in total. The van der Waals surface area contributed by atoms with E-state index in [1.54, 1.807) is 24.3 Å². The Labute approximate surface area is 146 Å². The smallest absolute Gasteiger partial charge is 0.227 e. The van der Waals surface area contributed by atoms with E-state index in [9.17, 15) is 4.79 Å². The van der Waals surface area contributed by atoms with E-state index < -0.39 is 0 Å². The Morgan fingerprint density at radius 3 is 2.25 bits per heavy atom. The second-order valence-corrected chi connectivity index (χ2v) is 5.85. The van der Waals surface area contributed by atoms with Gasteiger partial charge in [-0.3, -0.25) is 4.79 Å². The fourth-order valence-electron chi connectivity index (χ4n) is 2.28. The number of benzene rings is 2. The van der Waals surface area contributed by atoms with Crippen molar-refractivity contribution >= 4 is 17.4 Å². The largest absolute Gasteiger partial charge is 0.488 e. The SMILES string of the molecule is O=C(C[n+]1ccc(OCc2ccccc2)cc1)c1ccc(Cl)cc1. The molecule has 24 heavy (non-hydrogen) atoms. The number of carbonyl (C=O) groups is 1. The Bertz CT molecular complexity index is 799. The van der Waals surface area contributed by atoms with Gasteiger partial charge in [-0.2, -0.15) is 4.57 Å². The van der Waals surface area contributed by atoms with E-state index in [-0.39, 0.29) is 12.3 Å². The molecule has 2 aromatic carbocycles. The van der Waals surface area contributed by atoms with Crippen LogP contribution in [0.15, 0.2) is 79.1 Å². The molecular weight excluding hydrogens is 322 g/mol. The molecule has 0 saturated heterocycles. The number of rotatable bonds is 6. The second kappa shape index (κ2) is 7.75. The van der Waals surface area contributed by atoms with E-state index in [2.05, 4.69) is 0 Å². The van der Waals surface area contributed by atoms with Crippen LogP contribution in [0.1, 0.15) is 15.9 Å². The average Bonchev–Trinajstić information content (AvgIpc) is 2.62. The van der Waals surface area contributed by atoms with Gasteiger partial charge in [0.1, 0.15) is 12.4 Å². The highest BCUT2D eigenvalue weighted by Gasteiger charge is 2.12. The fraction of sp³-hybridized carbons (Fsp3) is 0.100. The molecule has 3 rings (SSSR count). The minimum Gasteiger partial charge on any atom is -0.488 e. The standard InChI is InChI=1S/C20H17ClNO2/c21-18-8-6-17(7-9-18)20(23)14-22-12-10-19(11-13-22)24-15-16-4-2-1-3-5-16/h1-13H,14-15H2/q+1. The van der Waals surface area contributed by atoms with Crippen molar-refractivity contribution in [1.82, 2.24) is 0 Å². The minimum absolute atomic E-state index is 0.0367. The van der Waals surface area contributed by atoms with Crippen molar-refractivity contribution < 1.29 is 14.1 Å². The van der Waals surface area contributed by atoms with Crippen molar-refractivity contribution in [2.24, 2.45) is 0 Å². The Hall–Kier alpha value is -2.65. The maximum atomic E-state index is 12.2. The summed E-state index contributed by atoms with van der Waals surface area (Å²) in [5.41, 5.74) is 1.77. The van der Waals surface area contributed by atoms with Crippen LogP contribution < -0.4 is 9.30 Å². The molecule has 4 heteroatoms. The molecule has 0 aliphatic heterocycles. The lowest BCUT2D eigenvalue weighted by atomic mass is 10.1. The highest BCUT2D eigenvalue weighted by atomic mass is 35.5. The molecule has 0 saturated carbocycles. The molecule has 0 unspecified atom stereocenters. The highest BCUT2D eigenvalue weighted by molar-refractivity contribution is 6.30. The predicted molar refractivity (Wildman–Crippen MR) is 93.2 cm³/mol. The average molecular weight is 339 g/mol. The first-order valence-corrected chi connectivity index (χ1v) is 8.03. The van der Waals surface area contributed by atoms with Crippen LogP contribution in [-0.2, 0) is 13.2 Å². The number of carbonyl (C=O) groups excluding carboxylic acids is 1. The van der Waals surface area contributed by atoms with Crippen LogP contribution in [0.3, 0.4) is 0 Å². The quantitative estimate of drug-likeness (QED) is 0.500. The van der Waals surface area contributed by atoms with Gasteiger partial charge in [-0.15, -0.1) is 0 Å². The Kier molecular flexibility index (Phi) is 5.24. The van der Waals surface area contributed by atoms with E-state index >= 15 is 0 Å². The summed E-state index contributed by atoms with van der Waals surface area (Å²) in [6.07, 6.45) is 3.68. The number of halogens is 1. The molecule has 0 atom stereocenters. The van der Waals surface area contributed by atoms with Crippen molar-refractivity contribution in [1.29, 1.82) is 0 Å². The van der Waals surface area contributed by atoms with Gasteiger partial charge in [-0.25, -0.2) is 0 Å². The maximum Gasteiger partial charge on any atom is 0.227 e. The number of ketones is 1. The third kappa shape index (κ3) is 4.43. The number of aromatic nitrogens is 1. The van der Waals surface area contributed by atoms with Crippen molar-refractivity contribution in [2.75, 3.05) is 0 Å². The van der Waals surface area contributed by atoms with E-state index in [0.29, 0.717) is 17.2 Å². The topological polar surface area (TPSA) is 30.2 Å². The Morgan fingerprint density at radius 2 is 1.58 bits per heavy atom. The molecule has 0 spiro atoms. The predicted octanol–water partition coefficient (Wildman–Crippen LogP) is 4.09. The number of ether oxygens (including phenoxy) is 1. The number of hydrogen-bond acceptors (Lipinski definition) is 2. The van der Waals surface area contributed by atoms with Gasteiger partial charge in [0.2, 0.25) is 12.3 Å².